The molecule has 1 N–H and O–H groups in total. The van der Waals surface area contributed by atoms with Crippen molar-refractivity contribution in [1.29, 1.82) is 0 Å². The van der Waals surface area contributed by atoms with Crippen LogP contribution in [0.3, 0.4) is 0 Å². The molecule has 1 aromatic heterocycles. The molecule has 96 valence electrons. The monoisotopic (exact) mass is 238 g/mol. The van der Waals surface area contributed by atoms with Gasteiger partial charge in [0.15, 0.2) is 0 Å². The van der Waals surface area contributed by atoms with Gasteiger partial charge in [-0.25, -0.2) is 0 Å². The zero-order chi connectivity index (χ0) is 12.1. The SMILES string of the molecule is CNCc1ccoc1CN(C)CC1CCCO1. The van der Waals surface area contributed by atoms with Crippen LogP contribution in [0.5, 0.6) is 0 Å². The number of likely N-dealkylation sites (N-methyl/N-ethyl adjacent to an activating group) is 1. The highest BCUT2D eigenvalue weighted by Gasteiger charge is 2.18. The van der Waals surface area contributed by atoms with Crippen molar-refractivity contribution in [2.45, 2.75) is 32.0 Å². The molecule has 4 nitrogen and oxygen atoms in total. The summed E-state index contributed by atoms with van der Waals surface area (Å²) in [6.07, 6.45) is 4.56. The number of nitrogens with one attached hydrogen (secondary N) is 1. The Hall–Kier alpha value is -0.840. The first-order valence-electron chi connectivity index (χ1n) is 6.29. The van der Waals surface area contributed by atoms with Crippen LogP contribution in [0.4, 0.5) is 0 Å². The Labute approximate surface area is 103 Å². The largest absolute Gasteiger partial charge is 0.468 e. The molecular formula is C13H22N2O2. The minimum Gasteiger partial charge on any atom is -0.468 e. The lowest BCUT2D eigenvalue weighted by molar-refractivity contribution is 0.0773. The zero-order valence-electron chi connectivity index (χ0n) is 10.7. The van der Waals surface area contributed by atoms with Gasteiger partial charge in [0.05, 0.1) is 18.9 Å². The van der Waals surface area contributed by atoms with E-state index in [2.05, 4.69) is 17.3 Å². The molecule has 2 heterocycles. The van der Waals surface area contributed by atoms with Gasteiger partial charge in [0.25, 0.3) is 0 Å². The summed E-state index contributed by atoms with van der Waals surface area (Å²) in [6, 6.07) is 2.03. The third-order valence-electron chi connectivity index (χ3n) is 3.16. The molecule has 1 aromatic rings. The lowest BCUT2D eigenvalue weighted by Gasteiger charge is -2.19. The highest BCUT2D eigenvalue weighted by Crippen LogP contribution is 2.16. The van der Waals surface area contributed by atoms with Crippen LogP contribution in [0.25, 0.3) is 0 Å². The molecule has 0 aromatic carbocycles. The van der Waals surface area contributed by atoms with E-state index in [1.54, 1.807) is 6.26 Å². The van der Waals surface area contributed by atoms with Gasteiger partial charge in [-0.15, -0.1) is 0 Å². The average Bonchev–Trinajstić information content (AvgIpc) is 2.92. The maximum absolute atomic E-state index is 5.64. The van der Waals surface area contributed by atoms with Crippen molar-refractivity contribution in [3.8, 4) is 0 Å². The van der Waals surface area contributed by atoms with Gasteiger partial charge < -0.3 is 14.5 Å². The minimum absolute atomic E-state index is 0.405. The summed E-state index contributed by atoms with van der Waals surface area (Å²) in [7, 11) is 4.07. The smallest absolute Gasteiger partial charge is 0.122 e. The second kappa shape index (κ2) is 6.19. The van der Waals surface area contributed by atoms with E-state index in [1.807, 2.05) is 13.1 Å². The van der Waals surface area contributed by atoms with Crippen molar-refractivity contribution < 1.29 is 9.15 Å². The van der Waals surface area contributed by atoms with E-state index in [0.29, 0.717) is 6.10 Å². The molecule has 1 aliphatic rings. The van der Waals surface area contributed by atoms with E-state index in [0.717, 1.165) is 32.0 Å². The Kier molecular flexibility index (Phi) is 4.59. The fraction of sp³-hybridized carbons (Fsp3) is 0.692. The summed E-state index contributed by atoms with van der Waals surface area (Å²) in [5.41, 5.74) is 1.24. The molecule has 1 fully saturated rings. The highest BCUT2D eigenvalue weighted by molar-refractivity contribution is 5.16. The summed E-state index contributed by atoms with van der Waals surface area (Å²) in [4.78, 5) is 2.27. The van der Waals surface area contributed by atoms with Crippen LogP contribution in [0.1, 0.15) is 24.2 Å². The number of furan rings is 1. The molecule has 0 amide bonds. The number of hydrogen-bond donors (Lipinski definition) is 1. The van der Waals surface area contributed by atoms with E-state index in [1.165, 1.54) is 18.4 Å². The number of hydrogen-bond acceptors (Lipinski definition) is 4. The van der Waals surface area contributed by atoms with Crippen molar-refractivity contribution in [3.63, 3.8) is 0 Å². The Morgan fingerprint density at radius 2 is 2.41 bits per heavy atom. The number of ether oxygens (including phenoxy) is 1. The third kappa shape index (κ3) is 3.56. The first kappa shape index (κ1) is 12.6. The predicted molar refractivity (Wildman–Crippen MR) is 66.8 cm³/mol. The standard InChI is InChI=1S/C13H22N2O2/c1-14-8-11-5-7-17-13(11)10-15(2)9-12-4-3-6-16-12/h5,7,12,14H,3-4,6,8-10H2,1-2H3. The summed E-state index contributed by atoms with van der Waals surface area (Å²) in [5, 5.41) is 3.15. The molecule has 4 heteroatoms. The van der Waals surface area contributed by atoms with E-state index in [9.17, 15) is 0 Å². The Morgan fingerprint density at radius 1 is 1.53 bits per heavy atom. The van der Waals surface area contributed by atoms with Crippen molar-refractivity contribution in [2.24, 2.45) is 0 Å². The molecule has 0 spiro atoms. The van der Waals surface area contributed by atoms with Gasteiger partial charge in [-0.1, -0.05) is 0 Å². The highest BCUT2D eigenvalue weighted by atomic mass is 16.5. The molecule has 17 heavy (non-hydrogen) atoms. The topological polar surface area (TPSA) is 37.6 Å². The molecular weight excluding hydrogens is 216 g/mol. The first-order chi connectivity index (χ1) is 8.29. The van der Waals surface area contributed by atoms with Gasteiger partial charge in [-0.05, 0) is 33.0 Å². The van der Waals surface area contributed by atoms with Gasteiger partial charge in [-0.3, -0.25) is 4.90 Å². The van der Waals surface area contributed by atoms with Gasteiger partial charge in [0.1, 0.15) is 5.76 Å². The molecule has 0 radical (unpaired) electrons. The fourth-order valence-corrected chi connectivity index (χ4v) is 2.30. The molecule has 1 atom stereocenters. The summed E-state index contributed by atoms with van der Waals surface area (Å²) in [6.45, 7) is 3.62. The van der Waals surface area contributed by atoms with Crippen LogP contribution >= 0.6 is 0 Å². The van der Waals surface area contributed by atoms with E-state index >= 15 is 0 Å². The molecule has 0 bridgehead atoms. The minimum atomic E-state index is 0.405. The Morgan fingerprint density at radius 3 is 3.12 bits per heavy atom. The maximum atomic E-state index is 5.64. The molecule has 1 unspecified atom stereocenters. The zero-order valence-corrected chi connectivity index (χ0v) is 10.7. The van der Waals surface area contributed by atoms with E-state index in [4.69, 9.17) is 9.15 Å². The van der Waals surface area contributed by atoms with Crippen molar-refractivity contribution in [2.75, 3.05) is 27.2 Å². The van der Waals surface area contributed by atoms with Crippen molar-refractivity contribution >= 4 is 0 Å². The quantitative estimate of drug-likeness (QED) is 0.817. The van der Waals surface area contributed by atoms with Gasteiger partial charge in [0.2, 0.25) is 0 Å². The summed E-state index contributed by atoms with van der Waals surface area (Å²) in [5.74, 6) is 1.06. The number of rotatable bonds is 6. The second-order valence-corrected chi connectivity index (χ2v) is 4.73. The van der Waals surface area contributed by atoms with Crippen LogP contribution in [0.15, 0.2) is 16.7 Å². The van der Waals surface area contributed by atoms with E-state index < -0.39 is 0 Å². The van der Waals surface area contributed by atoms with Crippen LogP contribution in [0, 0.1) is 0 Å². The van der Waals surface area contributed by atoms with Gasteiger partial charge in [-0.2, -0.15) is 0 Å². The van der Waals surface area contributed by atoms with Crippen LogP contribution < -0.4 is 5.32 Å². The molecule has 0 aliphatic carbocycles. The number of nitrogens with zero attached hydrogens (tertiary/aromatic N) is 1. The third-order valence-corrected chi connectivity index (χ3v) is 3.16. The lowest BCUT2D eigenvalue weighted by atomic mass is 10.2. The van der Waals surface area contributed by atoms with Gasteiger partial charge in [0, 0.05) is 25.3 Å². The van der Waals surface area contributed by atoms with Crippen LogP contribution in [0.2, 0.25) is 0 Å². The molecule has 1 aliphatic heterocycles. The maximum Gasteiger partial charge on any atom is 0.122 e. The first-order valence-corrected chi connectivity index (χ1v) is 6.29. The van der Waals surface area contributed by atoms with Crippen LogP contribution in [-0.4, -0.2) is 38.3 Å². The second-order valence-electron chi connectivity index (χ2n) is 4.73. The molecule has 1 saturated heterocycles. The average molecular weight is 238 g/mol. The Bertz CT molecular complexity index is 332. The molecule has 2 rings (SSSR count). The van der Waals surface area contributed by atoms with E-state index in [-0.39, 0.29) is 0 Å². The van der Waals surface area contributed by atoms with Crippen molar-refractivity contribution in [1.82, 2.24) is 10.2 Å². The van der Waals surface area contributed by atoms with Gasteiger partial charge >= 0.3 is 0 Å². The molecule has 0 saturated carbocycles. The summed E-state index contributed by atoms with van der Waals surface area (Å²) < 4.78 is 11.2. The summed E-state index contributed by atoms with van der Waals surface area (Å²) >= 11 is 0. The normalized spacial score (nSPS) is 20.3. The van der Waals surface area contributed by atoms with Crippen molar-refractivity contribution in [3.05, 3.63) is 23.7 Å². The fourth-order valence-electron chi connectivity index (χ4n) is 2.30. The van der Waals surface area contributed by atoms with Crippen LogP contribution in [-0.2, 0) is 17.8 Å². The predicted octanol–water partition coefficient (Wildman–Crippen LogP) is 1.61. The Balaban J connectivity index is 1.83. The lowest BCUT2D eigenvalue weighted by Crippen LogP contribution is -2.28.